The Hall–Kier alpha value is -2.02. The van der Waals surface area contributed by atoms with Crippen molar-refractivity contribution < 1.29 is 4.74 Å². The first-order valence-corrected chi connectivity index (χ1v) is 10.6. The van der Waals surface area contributed by atoms with Gasteiger partial charge in [-0.1, -0.05) is 58.4 Å². The lowest BCUT2D eigenvalue weighted by Crippen LogP contribution is -2.17. The zero-order chi connectivity index (χ0) is 18.5. The van der Waals surface area contributed by atoms with Gasteiger partial charge >= 0.3 is 0 Å². The Morgan fingerprint density at radius 1 is 1.15 bits per heavy atom. The van der Waals surface area contributed by atoms with E-state index in [1.165, 1.54) is 0 Å². The van der Waals surface area contributed by atoms with Gasteiger partial charge in [0.1, 0.15) is 0 Å². The highest BCUT2D eigenvalue weighted by molar-refractivity contribution is 9.10. The van der Waals surface area contributed by atoms with E-state index in [1.807, 2.05) is 53.4 Å². The van der Waals surface area contributed by atoms with E-state index in [4.69, 9.17) is 14.8 Å². The molecule has 1 saturated heterocycles. The molecule has 0 bridgehead atoms. The molecule has 1 atom stereocenters. The molecule has 0 amide bonds. The highest BCUT2D eigenvalue weighted by atomic mass is 79.9. The van der Waals surface area contributed by atoms with Crippen LogP contribution in [0.5, 0.6) is 0 Å². The summed E-state index contributed by atoms with van der Waals surface area (Å²) in [6.45, 7) is 1.53. The highest BCUT2D eigenvalue weighted by Gasteiger charge is 2.15. The lowest BCUT2D eigenvalue weighted by atomic mass is 10.2. The fourth-order valence-corrected chi connectivity index (χ4v) is 4.08. The standard InChI is InChI=1S/C21H20BrN3OS/c22-18-10-8-17(9-11-18)20-15-27-21(23-14-19-7-4-12-26-19)25(20)24-13-16-5-2-1-3-6-16/h1-3,5-6,8-11,13,15,19H,4,7,12,14H2. The third-order valence-electron chi connectivity index (χ3n) is 4.40. The van der Waals surface area contributed by atoms with Crippen molar-refractivity contribution in [2.75, 3.05) is 13.2 Å². The number of hydrogen-bond acceptors (Lipinski definition) is 4. The van der Waals surface area contributed by atoms with Crippen molar-refractivity contribution in [2.45, 2.75) is 18.9 Å². The Bertz CT molecular complexity index is 971. The van der Waals surface area contributed by atoms with E-state index in [-0.39, 0.29) is 6.10 Å². The number of thiazole rings is 1. The lowest BCUT2D eigenvalue weighted by molar-refractivity contribution is 0.117. The van der Waals surface area contributed by atoms with Gasteiger partial charge in [-0.3, -0.25) is 4.99 Å². The SMILES string of the molecule is Brc1ccc(-c2csc(=NCC3CCCO3)n2N=Cc2ccccc2)cc1. The molecule has 0 radical (unpaired) electrons. The molecule has 6 heteroatoms. The minimum atomic E-state index is 0.231. The van der Waals surface area contributed by atoms with Crippen molar-refractivity contribution in [1.82, 2.24) is 4.68 Å². The molecule has 0 saturated carbocycles. The molecule has 4 rings (SSSR count). The molecule has 27 heavy (non-hydrogen) atoms. The Morgan fingerprint density at radius 3 is 2.70 bits per heavy atom. The smallest absolute Gasteiger partial charge is 0.206 e. The van der Waals surface area contributed by atoms with Crippen LogP contribution >= 0.6 is 27.3 Å². The van der Waals surface area contributed by atoms with Crippen molar-refractivity contribution in [2.24, 2.45) is 10.1 Å². The average Bonchev–Trinajstić information content (AvgIpc) is 3.36. The quantitative estimate of drug-likeness (QED) is 0.516. The van der Waals surface area contributed by atoms with E-state index in [0.29, 0.717) is 6.54 Å². The van der Waals surface area contributed by atoms with Crippen LogP contribution in [0, 0.1) is 0 Å². The number of aromatic nitrogens is 1. The molecule has 2 aromatic carbocycles. The van der Waals surface area contributed by atoms with Gasteiger partial charge in [-0.25, -0.2) is 4.68 Å². The minimum Gasteiger partial charge on any atom is -0.376 e. The fraction of sp³-hybridized carbons (Fsp3) is 0.238. The second kappa shape index (κ2) is 8.78. The van der Waals surface area contributed by atoms with E-state index in [9.17, 15) is 0 Å². The van der Waals surface area contributed by atoms with Crippen LogP contribution in [0.2, 0.25) is 0 Å². The van der Waals surface area contributed by atoms with Crippen molar-refractivity contribution in [3.05, 3.63) is 74.8 Å². The summed E-state index contributed by atoms with van der Waals surface area (Å²) in [4.78, 5) is 5.68. The van der Waals surface area contributed by atoms with Crippen LogP contribution in [0.3, 0.4) is 0 Å². The third kappa shape index (κ3) is 4.64. The summed E-state index contributed by atoms with van der Waals surface area (Å²) >= 11 is 5.11. The van der Waals surface area contributed by atoms with Gasteiger partial charge in [-0.2, -0.15) is 5.10 Å². The Labute approximate surface area is 171 Å². The highest BCUT2D eigenvalue weighted by Crippen LogP contribution is 2.22. The maximum absolute atomic E-state index is 5.71. The lowest BCUT2D eigenvalue weighted by Gasteiger charge is -2.06. The molecule has 138 valence electrons. The topological polar surface area (TPSA) is 38.9 Å². The molecule has 1 aromatic heterocycles. The van der Waals surface area contributed by atoms with Crippen LogP contribution in [0.4, 0.5) is 0 Å². The van der Waals surface area contributed by atoms with Crippen LogP contribution in [0.25, 0.3) is 11.3 Å². The number of rotatable bonds is 5. The Morgan fingerprint density at radius 2 is 1.96 bits per heavy atom. The molecule has 1 unspecified atom stereocenters. The van der Waals surface area contributed by atoms with E-state index in [1.54, 1.807) is 11.3 Å². The van der Waals surface area contributed by atoms with Gasteiger partial charge < -0.3 is 4.74 Å². The molecule has 0 N–H and O–H groups in total. The number of halogens is 1. The summed E-state index contributed by atoms with van der Waals surface area (Å²) < 4.78 is 8.69. The maximum Gasteiger partial charge on any atom is 0.206 e. The second-order valence-corrected chi connectivity index (χ2v) is 8.11. The molecule has 2 heterocycles. The second-order valence-electron chi connectivity index (χ2n) is 6.35. The van der Waals surface area contributed by atoms with Crippen LogP contribution in [-0.4, -0.2) is 30.1 Å². The van der Waals surface area contributed by atoms with Gasteiger partial charge in [0.05, 0.1) is 24.6 Å². The molecule has 1 fully saturated rings. The first-order chi connectivity index (χ1) is 13.3. The summed E-state index contributed by atoms with van der Waals surface area (Å²) in [5.41, 5.74) is 3.20. The summed E-state index contributed by atoms with van der Waals surface area (Å²) in [7, 11) is 0. The third-order valence-corrected chi connectivity index (χ3v) is 5.78. The van der Waals surface area contributed by atoms with Gasteiger partial charge in [-0.05, 0) is 30.5 Å². The minimum absolute atomic E-state index is 0.231. The number of nitrogens with zero attached hydrogens (tertiary/aromatic N) is 3. The van der Waals surface area contributed by atoms with Crippen molar-refractivity contribution in [1.29, 1.82) is 0 Å². The molecule has 1 aliphatic rings. The monoisotopic (exact) mass is 441 g/mol. The van der Waals surface area contributed by atoms with Gasteiger partial charge in [0.15, 0.2) is 0 Å². The van der Waals surface area contributed by atoms with Crippen LogP contribution in [0.15, 0.2) is 74.5 Å². The van der Waals surface area contributed by atoms with Crippen molar-refractivity contribution >= 4 is 33.5 Å². The average molecular weight is 442 g/mol. The van der Waals surface area contributed by atoms with Crippen LogP contribution < -0.4 is 4.80 Å². The van der Waals surface area contributed by atoms with E-state index in [0.717, 1.165) is 45.5 Å². The molecule has 4 nitrogen and oxygen atoms in total. The van der Waals surface area contributed by atoms with Gasteiger partial charge in [0, 0.05) is 22.0 Å². The Balaban J connectivity index is 1.71. The van der Waals surface area contributed by atoms with Gasteiger partial charge in [0.25, 0.3) is 0 Å². The summed E-state index contributed by atoms with van der Waals surface area (Å²) in [5, 5.41) is 6.85. The number of ether oxygens (including phenoxy) is 1. The van der Waals surface area contributed by atoms with Crippen LogP contribution in [-0.2, 0) is 4.74 Å². The zero-order valence-corrected chi connectivity index (χ0v) is 17.2. The molecular weight excluding hydrogens is 422 g/mol. The molecule has 3 aromatic rings. The first kappa shape index (κ1) is 18.3. The molecule has 1 aliphatic heterocycles. The number of hydrogen-bond donors (Lipinski definition) is 0. The Kier molecular flexibility index (Phi) is 5.97. The predicted octanol–water partition coefficient (Wildman–Crippen LogP) is 4.94. The predicted molar refractivity (Wildman–Crippen MR) is 114 cm³/mol. The largest absolute Gasteiger partial charge is 0.376 e. The molecule has 0 aliphatic carbocycles. The summed E-state index contributed by atoms with van der Waals surface area (Å²) in [6, 6.07) is 18.4. The fourth-order valence-electron chi connectivity index (χ4n) is 2.97. The van der Waals surface area contributed by atoms with E-state index >= 15 is 0 Å². The first-order valence-electron chi connectivity index (χ1n) is 8.97. The maximum atomic E-state index is 5.71. The van der Waals surface area contributed by atoms with Crippen LogP contribution in [0.1, 0.15) is 18.4 Å². The van der Waals surface area contributed by atoms with Crippen molar-refractivity contribution in [3.63, 3.8) is 0 Å². The van der Waals surface area contributed by atoms with Gasteiger partial charge in [0.2, 0.25) is 4.80 Å². The molecular formula is C21H20BrN3OS. The normalized spacial score (nSPS) is 17.8. The van der Waals surface area contributed by atoms with E-state index in [2.05, 4.69) is 33.4 Å². The summed E-state index contributed by atoms with van der Waals surface area (Å²) in [5.74, 6) is 0. The summed E-state index contributed by atoms with van der Waals surface area (Å²) in [6.07, 6.45) is 4.32. The van der Waals surface area contributed by atoms with Crippen molar-refractivity contribution in [3.8, 4) is 11.3 Å². The molecule has 0 spiro atoms. The van der Waals surface area contributed by atoms with Gasteiger partial charge in [-0.15, -0.1) is 11.3 Å². The number of benzene rings is 2. The van der Waals surface area contributed by atoms with E-state index < -0.39 is 0 Å². The zero-order valence-electron chi connectivity index (χ0n) is 14.8.